The molecule has 150 valence electrons. The molecule has 0 bridgehead atoms. The molecule has 2 aromatic rings. The van der Waals surface area contributed by atoms with Crippen LogP contribution in [0.5, 0.6) is 0 Å². The first-order valence-electron chi connectivity index (χ1n) is 8.08. The van der Waals surface area contributed by atoms with E-state index in [-0.39, 0.29) is 16.7 Å². The van der Waals surface area contributed by atoms with Crippen molar-refractivity contribution in [2.75, 3.05) is 6.61 Å². The van der Waals surface area contributed by atoms with Gasteiger partial charge in [-0.25, -0.2) is 9.97 Å². The smallest absolute Gasteiger partial charge is 0.358 e. The number of aliphatic hydroxyl groups excluding tert-OH is 2. The van der Waals surface area contributed by atoms with Crippen molar-refractivity contribution in [3.63, 3.8) is 0 Å². The lowest BCUT2D eigenvalue weighted by molar-refractivity contribution is -0.0505. The Morgan fingerprint density at radius 1 is 1.33 bits per heavy atom. The second-order valence-corrected chi connectivity index (χ2v) is 9.28. The number of nitrogens with one attached hydrogen (secondary N) is 1. The molecule has 1 unspecified atom stereocenters. The van der Waals surface area contributed by atoms with E-state index in [1.54, 1.807) is 7.05 Å². The van der Waals surface area contributed by atoms with Crippen LogP contribution in [-0.4, -0.2) is 69.6 Å². The molecule has 1 aliphatic heterocycles. The topological polar surface area (TPSA) is 176 Å². The number of aryl methyl sites for hydroxylation is 1. The van der Waals surface area contributed by atoms with Gasteiger partial charge in [-0.15, -0.1) is 0 Å². The summed E-state index contributed by atoms with van der Waals surface area (Å²) in [6, 6.07) is 0. The first kappa shape index (κ1) is 20.1. The highest BCUT2D eigenvalue weighted by molar-refractivity contribution is 7.54. The monoisotopic (exact) mass is 403 g/mol. The molecular weight excluding hydrogens is 381 g/mol. The molecule has 5 atom stereocenters. The third-order valence-electron chi connectivity index (χ3n) is 4.41. The average Bonchev–Trinajstić information content (AvgIpc) is 3.11. The van der Waals surface area contributed by atoms with Crippen LogP contribution in [-0.2, 0) is 20.9 Å². The van der Waals surface area contributed by atoms with E-state index in [1.165, 1.54) is 21.8 Å². The largest absolute Gasteiger partial charge is 0.387 e. The number of rotatable bonds is 5. The van der Waals surface area contributed by atoms with Crippen LogP contribution in [0, 0.1) is 5.41 Å². The Kier molecular flexibility index (Phi) is 5.02. The van der Waals surface area contributed by atoms with E-state index in [9.17, 15) is 24.8 Å². The standard InChI is InChI=1S/C14H22N5O7P/c1-14(2,22)27(23,24)25-4-7-9(20)10(21)13(26-7)19-6-16-8-11(15)18(3)5-17-12(8)19/h5-7,9-10,13,15,20-22H,4H2,1-3H3,(H,23,24)/t7-,9-,10-,13-/m1/s1. The van der Waals surface area contributed by atoms with Crippen LogP contribution in [0.1, 0.15) is 20.1 Å². The van der Waals surface area contributed by atoms with E-state index in [0.717, 1.165) is 13.8 Å². The first-order valence-corrected chi connectivity index (χ1v) is 9.66. The Morgan fingerprint density at radius 3 is 2.63 bits per heavy atom. The number of aromatic nitrogens is 4. The van der Waals surface area contributed by atoms with Gasteiger partial charge in [0.1, 0.15) is 23.8 Å². The van der Waals surface area contributed by atoms with Gasteiger partial charge in [-0.05, 0) is 13.8 Å². The van der Waals surface area contributed by atoms with Crippen molar-refractivity contribution in [2.24, 2.45) is 7.05 Å². The molecular formula is C14H22N5O7P. The molecule has 27 heavy (non-hydrogen) atoms. The minimum Gasteiger partial charge on any atom is -0.387 e. The fraction of sp³-hybridized carbons (Fsp3) is 0.643. The van der Waals surface area contributed by atoms with Crippen molar-refractivity contribution in [3.8, 4) is 0 Å². The highest BCUT2D eigenvalue weighted by Crippen LogP contribution is 2.53. The Morgan fingerprint density at radius 2 is 2.00 bits per heavy atom. The van der Waals surface area contributed by atoms with Crippen LogP contribution in [0.3, 0.4) is 0 Å². The van der Waals surface area contributed by atoms with Gasteiger partial charge < -0.3 is 34.0 Å². The highest BCUT2D eigenvalue weighted by atomic mass is 31.2. The van der Waals surface area contributed by atoms with Crippen LogP contribution in [0.2, 0.25) is 0 Å². The molecule has 0 saturated carbocycles. The fourth-order valence-corrected chi connectivity index (χ4v) is 3.30. The maximum Gasteiger partial charge on any atom is 0.358 e. The van der Waals surface area contributed by atoms with Crippen molar-refractivity contribution in [3.05, 3.63) is 18.1 Å². The highest BCUT2D eigenvalue weighted by Gasteiger charge is 2.47. The fourth-order valence-electron chi connectivity index (χ4n) is 2.63. The molecule has 12 nitrogen and oxygen atoms in total. The van der Waals surface area contributed by atoms with Gasteiger partial charge in [-0.3, -0.25) is 14.5 Å². The van der Waals surface area contributed by atoms with Crippen LogP contribution >= 0.6 is 7.60 Å². The predicted molar refractivity (Wildman–Crippen MR) is 90.4 cm³/mol. The molecule has 1 saturated heterocycles. The van der Waals surface area contributed by atoms with E-state index in [0.29, 0.717) is 0 Å². The third-order valence-corrected chi connectivity index (χ3v) is 6.30. The Balaban J connectivity index is 1.83. The maximum atomic E-state index is 12.0. The summed E-state index contributed by atoms with van der Waals surface area (Å²) in [5, 5.41) is 36.2. The van der Waals surface area contributed by atoms with Gasteiger partial charge in [0.15, 0.2) is 22.7 Å². The summed E-state index contributed by atoms with van der Waals surface area (Å²) in [6.07, 6.45) is -2.27. The number of hydrogen-bond donors (Lipinski definition) is 5. The van der Waals surface area contributed by atoms with E-state index in [1.807, 2.05) is 0 Å². The summed E-state index contributed by atoms with van der Waals surface area (Å²) in [7, 11) is -2.74. The Bertz CT molecular complexity index is 951. The van der Waals surface area contributed by atoms with Crippen LogP contribution < -0.4 is 5.49 Å². The lowest BCUT2D eigenvalue weighted by Gasteiger charge is -2.25. The van der Waals surface area contributed by atoms with Gasteiger partial charge in [0, 0.05) is 7.05 Å². The molecule has 0 radical (unpaired) electrons. The second kappa shape index (κ2) is 6.74. The van der Waals surface area contributed by atoms with E-state index in [2.05, 4.69) is 9.97 Å². The van der Waals surface area contributed by atoms with Crippen molar-refractivity contribution in [1.82, 2.24) is 19.1 Å². The zero-order valence-corrected chi connectivity index (χ0v) is 15.8. The molecule has 5 N–H and O–H groups in total. The molecule has 2 aromatic heterocycles. The van der Waals surface area contributed by atoms with E-state index < -0.39 is 44.1 Å². The van der Waals surface area contributed by atoms with Gasteiger partial charge >= 0.3 is 7.60 Å². The van der Waals surface area contributed by atoms with Crippen LogP contribution in [0.25, 0.3) is 11.2 Å². The summed E-state index contributed by atoms with van der Waals surface area (Å²) in [5.74, 6) is 0. The molecule has 0 amide bonds. The number of nitrogens with zero attached hydrogens (tertiary/aromatic N) is 4. The minimum atomic E-state index is -4.38. The van der Waals surface area contributed by atoms with Crippen molar-refractivity contribution in [1.29, 1.82) is 5.41 Å². The van der Waals surface area contributed by atoms with Crippen molar-refractivity contribution >= 4 is 18.8 Å². The molecule has 0 spiro atoms. The number of imidazole rings is 1. The van der Waals surface area contributed by atoms with Crippen LogP contribution in [0.15, 0.2) is 12.7 Å². The maximum absolute atomic E-state index is 12.0. The minimum absolute atomic E-state index is 0.109. The molecule has 0 aromatic carbocycles. The molecule has 0 aliphatic carbocycles. The van der Waals surface area contributed by atoms with Gasteiger partial charge in [0.05, 0.1) is 19.3 Å². The zero-order chi connectivity index (χ0) is 20.1. The average molecular weight is 403 g/mol. The quantitative estimate of drug-likeness (QED) is 0.384. The third kappa shape index (κ3) is 3.45. The first-order chi connectivity index (χ1) is 12.4. The zero-order valence-electron chi connectivity index (χ0n) is 14.9. The van der Waals surface area contributed by atoms with E-state index >= 15 is 0 Å². The predicted octanol–water partition coefficient (Wildman–Crippen LogP) is -1.20. The van der Waals surface area contributed by atoms with Gasteiger partial charge in [-0.1, -0.05) is 0 Å². The summed E-state index contributed by atoms with van der Waals surface area (Å²) >= 11 is 0. The van der Waals surface area contributed by atoms with E-state index in [4.69, 9.17) is 14.7 Å². The molecule has 1 fully saturated rings. The number of hydrogen-bond acceptors (Lipinski definition) is 9. The number of fused-ring (bicyclic) bond motifs is 1. The summed E-state index contributed by atoms with van der Waals surface area (Å²) in [5.41, 5.74) is 0.671. The molecule has 1 aliphatic rings. The molecule has 13 heteroatoms. The number of aliphatic hydroxyl groups is 3. The van der Waals surface area contributed by atoms with Crippen molar-refractivity contribution in [2.45, 2.75) is 43.7 Å². The van der Waals surface area contributed by atoms with Gasteiger partial charge in [0.25, 0.3) is 0 Å². The van der Waals surface area contributed by atoms with Gasteiger partial charge in [0.2, 0.25) is 0 Å². The normalized spacial score (nSPS) is 28.6. The number of ether oxygens (including phenoxy) is 1. The van der Waals surface area contributed by atoms with Crippen molar-refractivity contribution < 1.29 is 34.0 Å². The molecule has 3 rings (SSSR count). The second-order valence-electron chi connectivity index (χ2n) is 6.89. The lowest BCUT2D eigenvalue weighted by Crippen LogP contribution is -2.34. The van der Waals surface area contributed by atoms with Crippen LogP contribution in [0.4, 0.5) is 0 Å². The SMILES string of the molecule is Cn1cnc2c(ncn2[C@@H]2O[C@H](COP(=O)(O)C(C)(C)O)[C@@H](O)[C@H]2O)c1=N. The Hall–Kier alpha value is -1.66. The molecule has 3 heterocycles. The summed E-state index contributed by atoms with van der Waals surface area (Å²) in [6.45, 7) is 1.73. The summed E-state index contributed by atoms with van der Waals surface area (Å²) in [4.78, 5) is 18.0. The lowest BCUT2D eigenvalue weighted by atomic mass is 10.1. The van der Waals surface area contributed by atoms with Gasteiger partial charge in [-0.2, -0.15) is 0 Å². The Labute approximate surface area is 153 Å². The summed E-state index contributed by atoms with van der Waals surface area (Å²) < 4.78 is 25.3.